The zero-order valence-electron chi connectivity index (χ0n) is 61.7. The summed E-state index contributed by atoms with van der Waals surface area (Å²) in [5.41, 5.74) is 13.4. The van der Waals surface area contributed by atoms with Crippen LogP contribution in [0.2, 0.25) is 0 Å². The van der Waals surface area contributed by atoms with Gasteiger partial charge < -0.3 is 40.9 Å². The van der Waals surface area contributed by atoms with E-state index >= 15 is 0 Å². The Morgan fingerprint density at radius 1 is 0.260 bits per heavy atom. The number of aliphatic imine (C=N–C) groups is 4. The molecule has 3 N–H and O–H groups in total. The second kappa shape index (κ2) is 29.5. The van der Waals surface area contributed by atoms with Crippen LogP contribution in [0.15, 0.2) is 224 Å². The minimum atomic E-state index is -1.57. The normalized spacial score (nSPS) is 13.0. The average molecular weight is 1470 g/mol. The predicted molar refractivity (Wildman–Crippen MR) is 421 cm³/mol. The summed E-state index contributed by atoms with van der Waals surface area (Å²) in [4.78, 5) is 70.3. The second-order valence-electron chi connectivity index (χ2n) is 32.0. The van der Waals surface area contributed by atoms with Crippen molar-refractivity contribution in [1.29, 1.82) is 0 Å². The van der Waals surface area contributed by atoms with Crippen LogP contribution in [0, 0.1) is 21.7 Å². The molecule has 519 valence electrons. The van der Waals surface area contributed by atoms with Crippen LogP contribution in [0.1, 0.15) is 133 Å². The van der Waals surface area contributed by atoms with E-state index in [1.807, 2.05) is 121 Å². The predicted octanol–water partition coefficient (Wildman–Crippen LogP) is 17.8. The molecule has 18 nitrogen and oxygen atoms in total. The molecule has 8 aromatic carbocycles. The van der Waals surface area contributed by atoms with E-state index in [4.69, 9.17) is 69.8 Å². The molecule has 20 heteroatoms. The first-order valence-electron chi connectivity index (χ1n) is 34.3. The monoisotopic (exact) mass is 1460 g/mol. The van der Waals surface area contributed by atoms with Crippen LogP contribution in [0.5, 0.6) is 0 Å². The van der Waals surface area contributed by atoms with Crippen molar-refractivity contribution in [3.8, 4) is 45.6 Å². The van der Waals surface area contributed by atoms with E-state index in [0.29, 0.717) is 90.9 Å². The number of nitrogens with zero attached hydrogens (tertiary/aromatic N) is 16. The molecular weight excluding hydrogens is 1380 g/mol. The molecule has 0 saturated carbocycles. The van der Waals surface area contributed by atoms with E-state index in [2.05, 4.69) is 190 Å². The summed E-state index contributed by atoms with van der Waals surface area (Å²) in [5, 5.41) is 7.75. The van der Waals surface area contributed by atoms with Crippen molar-refractivity contribution in [2.45, 2.75) is 111 Å². The summed E-state index contributed by atoms with van der Waals surface area (Å²) >= 11 is -1.57. The molecule has 0 aliphatic carbocycles. The molecule has 14 bridgehead atoms. The molecule has 13 aromatic rings. The van der Waals surface area contributed by atoms with E-state index < -0.39 is 17.9 Å². The van der Waals surface area contributed by atoms with E-state index in [1.165, 1.54) is 0 Å². The van der Waals surface area contributed by atoms with Gasteiger partial charge in [0.05, 0.1) is 23.3 Å². The van der Waals surface area contributed by atoms with E-state index in [0.717, 1.165) is 110 Å². The van der Waals surface area contributed by atoms with Gasteiger partial charge in [-0.3, -0.25) is 0 Å². The molecule has 104 heavy (non-hydrogen) atoms. The summed E-state index contributed by atoms with van der Waals surface area (Å²) in [6.45, 7) is 35.0. The third-order valence-corrected chi connectivity index (χ3v) is 18.4. The Morgan fingerprint density at radius 3 is 0.731 bits per heavy atom. The van der Waals surface area contributed by atoms with Crippen molar-refractivity contribution in [1.82, 2.24) is 46.4 Å². The van der Waals surface area contributed by atoms with Crippen molar-refractivity contribution in [2.75, 3.05) is 0 Å². The summed E-state index contributed by atoms with van der Waals surface area (Å²) in [7, 11) is 0. The Hall–Kier alpha value is -10.2. The Labute approximate surface area is 628 Å². The number of hydrogen-bond acceptors (Lipinski definition) is 13. The van der Waals surface area contributed by atoms with Gasteiger partial charge in [-0.15, -0.1) is 0 Å². The van der Waals surface area contributed by atoms with E-state index in [1.54, 1.807) is 0 Å². The maximum absolute atomic E-state index is 5.26. The Bertz CT molecular complexity index is 5390. The number of amidine groups is 4. The van der Waals surface area contributed by atoms with Crippen LogP contribution in [0.4, 0.5) is 11.6 Å². The van der Waals surface area contributed by atoms with Crippen LogP contribution < -0.4 is 20.9 Å². The van der Waals surface area contributed by atoms with Gasteiger partial charge in [0.2, 0.25) is 0 Å². The quantitative estimate of drug-likeness (QED) is 0.131. The zero-order valence-corrected chi connectivity index (χ0v) is 65.6. The molecular formula is C84H83GaN16O2Ti-. The van der Waals surface area contributed by atoms with Crippen LogP contribution >= 0.6 is 0 Å². The molecule has 5 aromatic heterocycles. The zero-order chi connectivity index (χ0) is 70.9. The van der Waals surface area contributed by atoms with Crippen molar-refractivity contribution < 1.29 is 32.7 Å². The average Bonchev–Trinajstić information content (AvgIpc) is 1.56. The third kappa shape index (κ3) is 15.9. The van der Waals surface area contributed by atoms with Crippen LogP contribution in [-0.4, -0.2) is 88.6 Å². The standard InChI is InChI=1S/2C32H16N8.4C5H12.Ga.2H2O.Ti/c2*1-2-10-18-17(9-1)25-33-26(18)38-28-21-13-5-6-14-22(21)30(35-28)40-32-24-16-8-7-15-23(24)31(36-32)39-29-20-12-4-3-11-19(20)27(34-29)37-25;4*1-5(2,3)4;;;;/h2*1-16H;4*1-4H3;;2*1H2;/q2*-2;;;;;+2;;;+2/p-1. The number of hydrogen-bond donors (Lipinski definition) is 0. The SMILES string of the molecule is CC(C)(C)C.CC(C)(C)C.CC(C)(C)C.CC(C)(C)C.O.[OH-].[Ti+2].c1ccc2c(c1)-c1nc-2nc2[n-]c(nc3nc(nc4[n-]c(n1)c1ccccc41)-c1ccccc1-3)c1ccccc21.c1ccc2c(c1)C1=NC2=Nc2c3ccccc3c3[n]2[Ga][n]2c(c4ccccc4c2=NC2=NC(=N3)c3ccccc32)=N1. The minimum absolute atomic E-state index is 0. The molecule has 0 spiro atoms. The van der Waals surface area contributed by atoms with Crippen molar-refractivity contribution in [3.05, 3.63) is 227 Å². The first kappa shape index (κ1) is 74.9. The molecule has 0 fully saturated rings. The van der Waals surface area contributed by atoms with Crippen LogP contribution in [0.25, 0.3) is 111 Å². The molecule has 0 unspecified atom stereocenters. The first-order chi connectivity index (χ1) is 48.1. The Balaban J connectivity index is 0.000000162. The van der Waals surface area contributed by atoms with Gasteiger partial charge in [-0.05, 0) is 43.2 Å². The Morgan fingerprint density at radius 2 is 0.471 bits per heavy atom. The van der Waals surface area contributed by atoms with E-state index in [-0.39, 0.29) is 32.7 Å². The summed E-state index contributed by atoms with van der Waals surface area (Å²) in [6, 6.07) is 65.0. The molecule has 0 amide bonds. The molecule has 6 aliphatic rings. The van der Waals surface area contributed by atoms with Gasteiger partial charge in [0.15, 0.2) is 0 Å². The first-order valence-corrected chi connectivity index (χ1v) is 36.5. The fourth-order valence-corrected chi connectivity index (χ4v) is 14.7. The number of aromatic nitrogens is 10. The fraction of sp³-hybridized carbons (Fsp3) is 0.238. The van der Waals surface area contributed by atoms with Gasteiger partial charge in [0.25, 0.3) is 0 Å². The topological polar surface area (TPSA) is 251 Å². The maximum atomic E-state index is 5.26. The third-order valence-electron chi connectivity index (χ3n) is 15.4. The Kier molecular flexibility index (Phi) is 21.2. The molecule has 1 radical (unpaired) electrons. The summed E-state index contributed by atoms with van der Waals surface area (Å²) < 4.78 is 4.63. The van der Waals surface area contributed by atoms with Crippen molar-refractivity contribution >= 4 is 119 Å². The number of fused-ring (bicyclic) bond motifs is 34. The van der Waals surface area contributed by atoms with Gasteiger partial charge in [0.1, 0.15) is 0 Å². The molecule has 0 atom stereocenters. The van der Waals surface area contributed by atoms with Crippen LogP contribution in [0.3, 0.4) is 0 Å². The van der Waals surface area contributed by atoms with Gasteiger partial charge in [-0.2, -0.15) is 0 Å². The molecule has 11 heterocycles. The van der Waals surface area contributed by atoms with Gasteiger partial charge in [-0.25, -0.2) is 9.97 Å². The summed E-state index contributed by atoms with van der Waals surface area (Å²) in [6.07, 6.45) is 0. The fourth-order valence-electron chi connectivity index (χ4n) is 11.6. The molecule has 19 rings (SSSR count). The summed E-state index contributed by atoms with van der Waals surface area (Å²) in [5.74, 6) is 6.63. The van der Waals surface area contributed by atoms with Crippen molar-refractivity contribution in [2.24, 2.45) is 51.6 Å². The van der Waals surface area contributed by atoms with Gasteiger partial charge >= 0.3 is 263 Å². The number of benzene rings is 8. The number of rotatable bonds is 0. The van der Waals surface area contributed by atoms with Gasteiger partial charge in [0, 0.05) is 44.8 Å². The van der Waals surface area contributed by atoms with Gasteiger partial charge in [-0.1, -0.05) is 208 Å². The van der Waals surface area contributed by atoms with Crippen LogP contribution in [-0.2, 0) is 21.7 Å². The molecule has 0 saturated heterocycles. The second-order valence-corrected chi connectivity index (χ2v) is 34.6. The molecule has 6 aliphatic heterocycles. The van der Waals surface area contributed by atoms with E-state index in [9.17, 15) is 0 Å². The van der Waals surface area contributed by atoms with Crippen molar-refractivity contribution in [3.63, 3.8) is 0 Å².